The Bertz CT molecular complexity index is 3400. The molecule has 0 aromatic carbocycles. The molecule has 21 heteroatoms. The van der Waals surface area contributed by atoms with Crippen LogP contribution >= 0.6 is 31.9 Å². The van der Waals surface area contributed by atoms with Crippen molar-refractivity contribution in [2.24, 2.45) is 0 Å². The van der Waals surface area contributed by atoms with Gasteiger partial charge in [0.05, 0.1) is 30.4 Å². The summed E-state index contributed by atoms with van der Waals surface area (Å²) in [4.78, 5) is 83.2. The van der Waals surface area contributed by atoms with Crippen LogP contribution in [0, 0.1) is 24.2 Å². The van der Waals surface area contributed by atoms with E-state index >= 15 is 0 Å². The number of hydrogen-bond acceptors (Lipinski definition) is 16. The standard InChI is InChI=1S/C20H17N5O.C13H13BrN4O.C7H12N2O.C7H5N.C6H5BrN2O2/c26-20-17-9-8-15(7-6-14-4-1-2-10-21-14)22-19(17)23-18-13-24-11-3-5-16(24)12-25(18)20;14-10-4-3-9-12(15-10)16-11-7-17-5-1-2-8(17)6-18(11)13(9)19;10-7-5-9-3-1-2-6(9)4-8-7;1-2-7-5-3-4-6-8-7;7-5-2-1-4(11-3-10)6(8)9-5/h1-2,4,8-10,16H,3,5,11-13H2;3-4,8H,1-2,5-7H2;6H,1-5H2,(H,8,10);1,3-6H;1-3H,(H2,8,9). The number of ether oxygens (including phenoxy) is 1. The number of fused-ring (bicyclic) bond motifs is 7. The van der Waals surface area contributed by atoms with Crippen molar-refractivity contribution >= 4 is 72.1 Å². The predicted octanol–water partition coefficient (Wildman–Crippen LogP) is 4.70. The first-order valence-electron chi connectivity index (χ1n) is 24.3. The van der Waals surface area contributed by atoms with Crippen LogP contribution in [0.15, 0.2) is 104 Å². The van der Waals surface area contributed by atoms with E-state index in [0.717, 1.165) is 70.4 Å². The second-order valence-electron chi connectivity index (χ2n) is 18.1. The number of nitrogen functional groups attached to an aromatic ring is 1. The lowest BCUT2D eigenvalue weighted by Gasteiger charge is -2.31. The number of rotatable bonds is 2. The molecule has 4 saturated heterocycles. The van der Waals surface area contributed by atoms with Crippen LogP contribution in [-0.4, -0.2) is 122 Å². The third-order valence-electron chi connectivity index (χ3n) is 13.4. The maximum Gasteiger partial charge on any atom is 0.298 e. The van der Waals surface area contributed by atoms with Gasteiger partial charge >= 0.3 is 0 Å². The molecule has 378 valence electrons. The fraction of sp³-hybridized carbons (Fsp3) is 0.340. The Morgan fingerprint density at radius 3 is 1.74 bits per heavy atom. The zero-order valence-electron chi connectivity index (χ0n) is 40.3. The average molecular weight is 1120 g/mol. The largest absolute Gasteiger partial charge is 0.425 e. The Labute approximate surface area is 443 Å². The van der Waals surface area contributed by atoms with Crippen molar-refractivity contribution < 1.29 is 14.3 Å². The number of nitrogens with one attached hydrogen (secondary N) is 1. The smallest absolute Gasteiger partial charge is 0.298 e. The van der Waals surface area contributed by atoms with Crippen LogP contribution in [0.5, 0.6) is 5.75 Å². The van der Waals surface area contributed by atoms with Gasteiger partial charge in [-0.1, -0.05) is 18.1 Å². The van der Waals surface area contributed by atoms with E-state index in [-0.39, 0.29) is 28.6 Å². The van der Waals surface area contributed by atoms with E-state index in [1.807, 2.05) is 39.5 Å². The van der Waals surface area contributed by atoms with Crippen molar-refractivity contribution in [2.45, 2.75) is 82.8 Å². The molecule has 0 radical (unpaired) electrons. The number of halogens is 2. The molecule has 0 bridgehead atoms. The number of amides is 1. The third kappa shape index (κ3) is 12.6. The van der Waals surface area contributed by atoms with Gasteiger partial charge in [-0.2, -0.15) is 0 Å². The van der Waals surface area contributed by atoms with Crippen LogP contribution in [0.1, 0.15) is 67.3 Å². The maximum absolute atomic E-state index is 12.9. The Hall–Kier alpha value is -7.27. The summed E-state index contributed by atoms with van der Waals surface area (Å²) in [5, 5.41) is 4.04. The topological polar surface area (TPSA) is 225 Å². The van der Waals surface area contributed by atoms with Crippen molar-refractivity contribution in [3.8, 4) is 29.9 Å². The fourth-order valence-corrected chi connectivity index (χ4v) is 10.4. The van der Waals surface area contributed by atoms with Gasteiger partial charge in [0.25, 0.3) is 17.6 Å². The number of nitrogens with two attached hydrogens (primary N) is 1. The third-order valence-corrected chi connectivity index (χ3v) is 14.3. The number of terminal acetylenes is 1. The number of piperazine rings is 1. The zero-order chi connectivity index (χ0) is 51.6. The summed E-state index contributed by atoms with van der Waals surface area (Å²) in [7, 11) is 0. The number of anilines is 1. The molecular weight excluding hydrogens is 1070 g/mol. The summed E-state index contributed by atoms with van der Waals surface area (Å²) in [6.45, 7) is 8.13. The summed E-state index contributed by atoms with van der Waals surface area (Å²) >= 11 is 6.44. The molecule has 13 rings (SSSR count). The highest BCUT2D eigenvalue weighted by atomic mass is 79.9. The quantitative estimate of drug-likeness (QED) is 0.136. The minimum Gasteiger partial charge on any atom is -0.425 e. The Morgan fingerprint density at radius 2 is 1.18 bits per heavy atom. The van der Waals surface area contributed by atoms with E-state index < -0.39 is 0 Å². The summed E-state index contributed by atoms with van der Waals surface area (Å²) in [6, 6.07) is 23.1. The number of pyridine rings is 5. The molecule has 3 unspecified atom stereocenters. The van der Waals surface area contributed by atoms with Crippen molar-refractivity contribution in [1.29, 1.82) is 0 Å². The minimum atomic E-state index is 0.00767. The van der Waals surface area contributed by atoms with E-state index in [4.69, 9.17) is 12.2 Å². The number of hydrogen-bond donors (Lipinski definition) is 2. The molecule has 7 aromatic heterocycles. The lowest BCUT2D eigenvalue weighted by atomic mass is 10.1. The molecule has 6 aliphatic heterocycles. The fourth-order valence-electron chi connectivity index (χ4n) is 9.77. The number of carbonyl (C=O) groups is 2. The van der Waals surface area contributed by atoms with Crippen LogP contribution in [0.4, 0.5) is 5.82 Å². The van der Waals surface area contributed by atoms with Gasteiger partial charge in [0.2, 0.25) is 5.91 Å². The van der Waals surface area contributed by atoms with Gasteiger partial charge in [-0.3, -0.25) is 43.0 Å². The Morgan fingerprint density at radius 1 is 0.635 bits per heavy atom. The van der Waals surface area contributed by atoms with Gasteiger partial charge in [-0.25, -0.2) is 34.9 Å². The summed E-state index contributed by atoms with van der Waals surface area (Å²) in [5.41, 5.74) is 8.43. The SMILES string of the molecule is C#Cc1ccccn1.Nc1nc(Br)ccc1OC=O.O=C1CN2CCCC2CN1.O=c1c2ccc(Br)nc2nc2n1CC1CCCN1C2.O=c1c2ccc(C#Cc3ccccn3)nc2nc2n1CC1CCCN1C2. The van der Waals surface area contributed by atoms with Gasteiger partial charge in [0.1, 0.15) is 37.9 Å². The van der Waals surface area contributed by atoms with Gasteiger partial charge in [-0.05, 0) is 163 Å². The molecule has 4 fully saturated rings. The molecule has 6 aliphatic rings. The molecule has 74 heavy (non-hydrogen) atoms. The van der Waals surface area contributed by atoms with Crippen molar-refractivity contribution in [1.82, 2.24) is 64.0 Å². The molecule has 7 aromatic rings. The Kier molecular flexibility index (Phi) is 16.9. The molecule has 13 heterocycles. The first-order chi connectivity index (χ1) is 36.0. The van der Waals surface area contributed by atoms with Crippen LogP contribution in [0.25, 0.3) is 22.1 Å². The summed E-state index contributed by atoms with van der Waals surface area (Å²) in [6.07, 6.45) is 15.7. The van der Waals surface area contributed by atoms with Crippen molar-refractivity contribution in [3.05, 3.63) is 144 Å². The predicted molar refractivity (Wildman–Crippen MR) is 285 cm³/mol. The lowest BCUT2D eigenvalue weighted by Crippen LogP contribution is -2.51. The van der Waals surface area contributed by atoms with Crippen LogP contribution < -0.4 is 26.9 Å². The number of carbonyl (C=O) groups excluding carboxylic acids is 2. The zero-order valence-corrected chi connectivity index (χ0v) is 43.5. The second kappa shape index (κ2) is 24.2. The van der Waals surface area contributed by atoms with E-state index in [0.29, 0.717) is 79.5 Å². The van der Waals surface area contributed by atoms with Crippen LogP contribution in [0.2, 0.25) is 0 Å². The van der Waals surface area contributed by atoms with Crippen LogP contribution in [0.3, 0.4) is 0 Å². The molecule has 3 N–H and O–H groups in total. The molecule has 0 spiro atoms. The Balaban J connectivity index is 0.000000122. The molecule has 0 saturated carbocycles. The normalized spacial score (nSPS) is 19.1. The van der Waals surface area contributed by atoms with Gasteiger partial charge in [0, 0.05) is 50.2 Å². The highest BCUT2D eigenvalue weighted by Crippen LogP contribution is 2.27. The first-order valence-corrected chi connectivity index (χ1v) is 25.9. The van der Waals surface area contributed by atoms with Crippen LogP contribution in [-0.2, 0) is 35.8 Å². The molecular formula is C53H52Br2N14O5. The van der Waals surface area contributed by atoms with E-state index in [2.05, 4.69) is 109 Å². The highest BCUT2D eigenvalue weighted by Gasteiger charge is 2.33. The number of aromatic nitrogens is 9. The highest BCUT2D eigenvalue weighted by molar-refractivity contribution is 9.10. The van der Waals surface area contributed by atoms with E-state index in [9.17, 15) is 19.2 Å². The summed E-state index contributed by atoms with van der Waals surface area (Å²) < 4.78 is 9.49. The van der Waals surface area contributed by atoms with E-state index in [1.165, 1.54) is 32.1 Å². The molecule has 0 aliphatic carbocycles. The van der Waals surface area contributed by atoms with Crippen molar-refractivity contribution in [3.63, 3.8) is 0 Å². The lowest BCUT2D eigenvalue weighted by molar-refractivity contribution is -0.124. The van der Waals surface area contributed by atoms with Gasteiger partial charge < -0.3 is 15.8 Å². The van der Waals surface area contributed by atoms with Gasteiger partial charge in [-0.15, -0.1) is 6.42 Å². The first kappa shape index (κ1) is 51.6. The summed E-state index contributed by atoms with van der Waals surface area (Å²) in [5.74, 6) is 10.7. The van der Waals surface area contributed by atoms with E-state index in [1.54, 1.807) is 54.9 Å². The maximum atomic E-state index is 12.9. The molecule has 3 atom stereocenters. The molecule has 19 nitrogen and oxygen atoms in total. The number of nitrogens with zero attached hydrogens (tertiary/aromatic N) is 12. The monoisotopic (exact) mass is 1120 g/mol. The second-order valence-corrected chi connectivity index (χ2v) is 19.7. The molecule has 1 amide bonds. The van der Waals surface area contributed by atoms with Gasteiger partial charge in [0.15, 0.2) is 22.9 Å². The minimum absolute atomic E-state index is 0.00767. The average Bonchev–Trinajstić information content (AvgIpc) is 4.21. The van der Waals surface area contributed by atoms with Crippen molar-refractivity contribution in [2.75, 3.05) is 38.5 Å².